The average Bonchev–Trinajstić information content (AvgIpc) is 2.44. The summed E-state index contributed by atoms with van der Waals surface area (Å²) in [4.78, 5) is 4.38. The molecule has 0 atom stereocenters. The van der Waals surface area contributed by atoms with Crippen molar-refractivity contribution in [3.05, 3.63) is 46.6 Å². The lowest BCUT2D eigenvalue weighted by molar-refractivity contribution is 0.601. The SMILES string of the molecule is CCNc1ccc(S(=O)(=O)Nc2ccc(Br)c(C)n2)cc1. The summed E-state index contributed by atoms with van der Waals surface area (Å²) in [5.74, 6) is 0.298. The molecule has 0 unspecified atom stereocenters. The van der Waals surface area contributed by atoms with Gasteiger partial charge in [-0.15, -0.1) is 0 Å². The number of benzene rings is 1. The van der Waals surface area contributed by atoms with E-state index in [4.69, 9.17) is 0 Å². The van der Waals surface area contributed by atoms with Crippen molar-refractivity contribution in [3.8, 4) is 0 Å². The highest BCUT2D eigenvalue weighted by Gasteiger charge is 2.15. The molecule has 0 fully saturated rings. The minimum absolute atomic E-state index is 0.200. The maximum absolute atomic E-state index is 12.3. The number of nitrogens with zero attached hydrogens (tertiary/aromatic N) is 1. The number of anilines is 2. The highest BCUT2D eigenvalue weighted by atomic mass is 79.9. The van der Waals surface area contributed by atoms with E-state index in [9.17, 15) is 8.42 Å². The Hall–Kier alpha value is -1.60. The van der Waals surface area contributed by atoms with Crippen LogP contribution in [0.3, 0.4) is 0 Å². The predicted octanol–water partition coefficient (Wildman–Crippen LogP) is 3.39. The number of nitrogens with one attached hydrogen (secondary N) is 2. The van der Waals surface area contributed by atoms with E-state index >= 15 is 0 Å². The molecule has 0 saturated heterocycles. The number of rotatable bonds is 5. The van der Waals surface area contributed by atoms with Gasteiger partial charge in [-0.1, -0.05) is 0 Å². The first-order valence-electron chi connectivity index (χ1n) is 6.42. The topological polar surface area (TPSA) is 71.1 Å². The lowest BCUT2D eigenvalue weighted by Crippen LogP contribution is -2.14. The van der Waals surface area contributed by atoms with Crippen LogP contribution in [-0.2, 0) is 10.0 Å². The minimum atomic E-state index is -3.63. The van der Waals surface area contributed by atoms with Gasteiger partial charge in [0.05, 0.1) is 10.6 Å². The van der Waals surface area contributed by atoms with Crippen molar-refractivity contribution in [2.24, 2.45) is 0 Å². The van der Waals surface area contributed by atoms with Crippen LogP contribution >= 0.6 is 15.9 Å². The van der Waals surface area contributed by atoms with Crippen LogP contribution in [0.4, 0.5) is 11.5 Å². The Morgan fingerprint density at radius 3 is 2.38 bits per heavy atom. The van der Waals surface area contributed by atoms with Crippen molar-refractivity contribution in [1.29, 1.82) is 0 Å². The molecule has 0 aliphatic carbocycles. The highest BCUT2D eigenvalue weighted by molar-refractivity contribution is 9.10. The second-order valence-electron chi connectivity index (χ2n) is 4.42. The first-order valence-corrected chi connectivity index (χ1v) is 8.70. The van der Waals surface area contributed by atoms with Gasteiger partial charge in [0.2, 0.25) is 0 Å². The lowest BCUT2D eigenvalue weighted by Gasteiger charge is -2.09. The molecule has 1 aromatic heterocycles. The van der Waals surface area contributed by atoms with Gasteiger partial charge in [0.25, 0.3) is 10.0 Å². The Bertz CT molecular complexity index is 730. The fourth-order valence-electron chi connectivity index (χ4n) is 1.75. The first kappa shape index (κ1) is 15.8. The minimum Gasteiger partial charge on any atom is -0.385 e. The van der Waals surface area contributed by atoms with E-state index in [-0.39, 0.29) is 4.90 Å². The van der Waals surface area contributed by atoms with Gasteiger partial charge in [-0.05, 0) is 66.2 Å². The monoisotopic (exact) mass is 369 g/mol. The Labute approximate surface area is 133 Å². The maximum atomic E-state index is 12.3. The van der Waals surface area contributed by atoms with E-state index in [1.807, 2.05) is 6.92 Å². The van der Waals surface area contributed by atoms with Crippen LogP contribution in [0.25, 0.3) is 0 Å². The van der Waals surface area contributed by atoms with E-state index < -0.39 is 10.0 Å². The fraction of sp³-hybridized carbons (Fsp3) is 0.214. The first-order chi connectivity index (χ1) is 9.92. The third kappa shape index (κ3) is 3.95. The lowest BCUT2D eigenvalue weighted by atomic mass is 10.3. The Morgan fingerprint density at radius 1 is 1.14 bits per heavy atom. The molecule has 0 spiro atoms. The van der Waals surface area contributed by atoms with E-state index in [0.29, 0.717) is 5.82 Å². The summed E-state index contributed by atoms with van der Waals surface area (Å²) in [7, 11) is -3.63. The molecule has 0 aliphatic heterocycles. The third-order valence-corrected chi connectivity index (χ3v) is 5.01. The summed E-state index contributed by atoms with van der Waals surface area (Å²) >= 11 is 3.33. The predicted molar refractivity (Wildman–Crippen MR) is 88.1 cm³/mol. The number of aryl methyl sites for hydroxylation is 1. The molecule has 1 heterocycles. The van der Waals surface area contributed by atoms with Crippen LogP contribution in [0, 0.1) is 6.92 Å². The van der Waals surface area contributed by atoms with E-state index in [2.05, 4.69) is 31.0 Å². The van der Waals surface area contributed by atoms with E-state index in [1.165, 1.54) is 0 Å². The summed E-state index contributed by atoms with van der Waals surface area (Å²) < 4.78 is 27.9. The van der Waals surface area contributed by atoms with Crippen molar-refractivity contribution in [2.45, 2.75) is 18.7 Å². The van der Waals surface area contributed by atoms with Crippen molar-refractivity contribution in [3.63, 3.8) is 0 Å². The zero-order valence-corrected chi connectivity index (χ0v) is 14.1. The molecule has 7 heteroatoms. The normalized spacial score (nSPS) is 11.2. The van der Waals surface area contributed by atoms with Crippen LogP contribution in [0.2, 0.25) is 0 Å². The molecular formula is C14H16BrN3O2S. The van der Waals surface area contributed by atoms with Gasteiger partial charge in [0.1, 0.15) is 5.82 Å². The van der Waals surface area contributed by atoms with Crippen LogP contribution in [0.15, 0.2) is 45.8 Å². The molecule has 0 amide bonds. The van der Waals surface area contributed by atoms with E-state index in [1.54, 1.807) is 43.3 Å². The smallest absolute Gasteiger partial charge is 0.263 e. The van der Waals surface area contributed by atoms with Crippen LogP contribution in [-0.4, -0.2) is 19.9 Å². The second-order valence-corrected chi connectivity index (χ2v) is 6.96. The third-order valence-electron chi connectivity index (χ3n) is 2.81. The molecule has 0 bridgehead atoms. The Morgan fingerprint density at radius 2 is 1.81 bits per heavy atom. The molecule has 0 aliphatic rings. The second kappa shape index (κ2) is 6.44. The Kier molecular flexibility index (Phi) is 4.84. The van der Waals surface area contributed by atoms with Crippen LogP contribution < -0.4 is 10.0 Å². The number of aromatic nitrogens is 1. The summed E-state index contributed by atoms with van der Waals surface area (Å²) in [6.07, 6.45) is 0. The molecule has 0 radical (unpaired) electrons. The van der Waals surface area contributed by atoms with Crippen LogP contribution in [0.5, 0.6) is 0 Å². The molecule has 1 aromatic carbocycles. The number of hydrogen-bond donors (Lipinski definition) is 2. The van der Waals surface area contributed by atoms with Crippen molar-refractivity contribution >= 4 is 37.5 Å². The molecule has 0 saturated carbocycles. The zero-order valence-electron chi connectivity index (χ0n) is 11.7. The van der Waals surface area contributed by atoms with Gasteiger partial charge >= 0.3 is 0 Å². The van der Waals surface area contributed by atoms with Crippen molar-refractivity contribution < 1.29 is 8.42 Å². The molecule has 2 rings (SSSR count). The maximum Gasteiger partial charge on any atom is 0.263 e. The quantitative estimate of drug-likeness (QED) is 0.847. The molecular weight excluding hydrogens is 354 g/mol. The number of hydrogen-bond acceptors (Lipinski definition) is 4. The summed E-state index contributed by atoms with van der Waals surface area (Å²) in [6.45, 7) is 4.56. The Balaban J connectivity index is 2.23. The van der Waals surface area contributed by atoms with Gasteiger partial charge < -0.3 is 5.32 Å². The fourth-order valence-corrected chi connectivity index (χ4v) is 2.98. The van der Waals surface area contributed by atoms with Gasteiger partial charge in [-0.2, -0.15) is 0 Å². The molecule has 2 N–H and O–H groups in total. The van der Waals surface area contributed by atoms with Crippen molar-refractivity contribution in [1.82, 2.24) is 4.98 Å². The summed E-state index contributed by atoms with van der Waals surface area (Å²) in [6, 6.07) is 9.96. The highest BCUT2D eigenvalue weighted by Crippen LogP contribution is 2.20. The van der Waals surface area contributed by atoms with Crippen LogP contribution in [0.1, 0.15) is 12.6 Å². The van der Waals surface area contributed by atoms with Crippen molar-refractivity contribution in [2.75, 3.05) is 16.6 Å². The summed E-state index contributed by atoms with van der Waals surface area (Å²) in [5.41, 5.74) is 1.60. The molecule has 2 aromatic rings. The van der Waals surface area contributed by atoms with Gasteiger partial charge in [-0.3, -0.25) is 4.72 Å². The van der Waals surface area contributed by atoms with Gasteiger partial charge in [-0.25, -0.2) is 13.4 Å². The average molecular weight is 370 g/mol. The number of halogens is 1. The number of sulfonamides is 1. The zero-order chi connectivity index (χ0) is 15.5. The number of pyridine rings is 1. The largest absolute Gasteiger partial charge is 0.385 e. The van der Waals surface area contributed by atoms with Gasteiger partial charge in [0.15, 0.2) is 0 Å². The van der Waals surface area contributed by atoms with Gasteiger partial charge in [0, 0.05) is 16.7 Å². The van der Waals surface area contributed by atoms with E-state index in [0.717, 1.165) is 22.4 Å². The molecule has 5 nitrogen and oxygen atoms in total. The molecule has 112 valence electrons. The standard InChI is InChI=1S/C14H16BrN3O2S/c1-3-16-11-4-6-12(7-5-11)21(19,20)18-14-9-8-13(15)10(2)17-14/h4-9,16H,3H2,1-2H3,(H,17,18). The summed E-state index contributed by atoms with van der Waals surface area (Å²) in [5, 5.41) is 3.12. The molecule has 21 heavy (non-hydrogen) atoms.